The second-order valence-corrected chi connectivity index (χ2v) is 3.45. The van der Waals surface area contributed by atoms with Gasteiger partial charge >= 0.3 is 6.18 Å². The monoisotopic (exact) mass is 317 g/mol. The molecule has 0 bridgehead atoms. The van der Waals surface area contributed by atoms with Crippen LogP contribution in [-0.4, -0.2) is 4.98 Å². The number of rotatable bonds is 0. The van der Waals surface area contributed by atoms with Crippen molar-refractivity contribution in [3.8, 4) is 0 Å². The van der Waals surface area contributed by atoms with Crippen molar-refractivity contribution in [2.24, 2.45) is 0 Å². The molecule has 2 aromatic rings. The first kappa shape index (κ1) is 16.6. The fraction of sp³-hybridized carbons (Fsp3) is 0.273. The molecule has 0 aliphatic rings. The van der Waals surface area contributed by atoms with Gasteiger partial charge in [0.2, 0.25) is 0 Å². The van der Waals surface area contributed by atoms with Gasteiger partial charge in [0.05, 0.1) is 5.56 Å². The van der Waals surface area contributed by atoms with Gasteiger partial charge in [0, 0.05) is 32.7 Å². The molecule has 0 unspecified atom stereocenters. The molecule has 6 heteroatoms. The number of aryl methyl sites for hydroxylation is 2. The Hall–Kier alpha value is -0.416. The topological polar surface area (TPSA) is 27.0 Å². The van der Waals surface area contributed by atoms with Gasteiger partial charge in [-0.2, -0.15) is 13.2 Å². The van der Waals surface area contributed by atoms with Gasteiger partial charge in [0.15, 0.2) is 0 Å². The normalized spacial score (nSPS) is 10.9. The largest absolute Gasteiger partial charge is 0.440 e. The van der Waals surface area contributed by atoms with Crippen LogP contribution in [-0.2, 0) is 38.9 Å². The number of halogens is 3. The van der Waals surface area contributed by atoms with Crippen molar-refractivity contribution in [2.45, 2.75) is 20.0 Å². The summed E-state index contributed by atoms with van der Waals surface area (Å²) in [6.45, 7) is 3.19. The molecule has 0 aliphatic carbocycles. The molecule has 1 aromatic carbocycles. The zero-order valence-electron chi connectivity index (χ0n) is 9.76. The summed E-state index contributed by atoms with van der Waals surface area (Å²) in [6, 6.07) is 2.70. The molecule has 0 aliphatic heterocycles. The maximum absolute atomic E-state index is 12.6. The Labute approximate surface area is 123 Å². The summed E-state index contributed by atoms with van der Waals surface area (Å²) < 4.78 is 37.9. The van der Waals surface area contributed by atoms with Gasteiger partial charge in [-0.3, -0.25) is 0 Å². The van der Waals surface area contributed by atoms with E-state index in [0.717, 1.165) is 6.07 Å². The molecule has 91 valence electrons. The smallest absolute Gasteiger partial charge is 0.416 e. The second kappa shape index (κ2) is 5.48. The third-order valence-corrected chi connectivity index (χ3v) is 2.10. The molecule has 0 saturated carbocycles. The van der Waals surface area contributed by atoms with E-state index in [4.69, 9.17) is 0 Å². The van der Waals surface area contributed by atoms with Gasteiger partial charge in [0.1, 0.15) is 0 Å². The van der Waals surface area contributed by atoms with Gasteiger partial charge < -0.3 is 17.4 Å². The molecule has 2 nitrogen and oxygen atoms in total. The fourth-order valence-electron chi connectivity index (χ4n) is 1.54. The third-order valence-electron chi connectivity index (χ3n) is 2.10. The molecule has 1 aromatic heterocycles. The molecule has 17 heavy (non-hydrogen) atoms. The van der Waals surface area contributed by atoms with Crippen LogP contribution in [0.3, 0.4) is 0 Å². The molecule has 0 amide bonds. The van der Waals surface area contributed by atoms with Crippen molar-refractivity contribution >= 4 is 11.0 Å². The quantitative estimate of drug-likeness (QED) is 0.697. The van der Waals surface area contributed by atoms with Crippen LogP contribution in [0.1, 0.15) is 17.0 Å². The van der Waals surface area contributed by atoms with Crippen LogP contribution in [0.25, 0.3) is 11.0 Å². The van der Waals surface area contributed by atoms with E-state index in [2.05, 4.69) is 9.97 Å². The molecule has 0 atom stereocenters. The van der Waals surface area contributed by atoms with Crippen molar-refractivity contribution in [1.82, 2.24) is 9.97 Å². The molecule has 0 fully saturated rings. The van der Waals surface area contributed by atoms with Gasteiger partial charge in [-0.25, -0.2) is 0 Å². The van der Waals surface area contributed by atoms with Crippen molar-refractivity contribution in [2.75, 3.05) is 0 Å². The Bertz CT molecular complexity index is 517. The molecule has 1 heterocycles. The summed E-state index contributed by atoms with van der Waals surface area (Å²) in [5.41, 5.74) is 0.0678. The van der Waals surface area contributed by atoms with Crippen LogP contribution in [0.5, 0.6) is 0 Å². The van der Waals surface area contributed by atoms with E-state index in [1.165, 1.54) is 0 Å². The van der Waals surface area contributed by atoms with Crippen molar-refractivity contribution in [3.05, 3.63) is 36.5 Å². The van der Waals surface area contributed by atoms with Crippen LogP contribution in [0.2, 0.25) is 0 Å². The van der Waals surface area contributed by atoms with Gasteiger partial charge in [-0.05, 0) is 30.9 Å². The van der Waals surface area contributed by atoms with Crippen LogP contribution in [0, 0.1) is 21.3 Å². The minimum absolute atomic E-state index is 0. The summed E-state index contributed by atoms with van der Waals surface area (Å²) in [6.07, 6.45) is -4.38. The average molecular weight is 317 g/mol. The minimum atomic E-state index is -4.38. The average Bonchev–Trinajstić information content (AvgIpc) is 2.41. The predicted molar refractivity (Wildman–Crippen MR) is 56.0 cm³/mol. The van der Waals surface area contributed by atoms with Gasteiger partial charge in [-0.1, -0.05) is 17.5 Å². The number of hydrogen-bond acceptors (Lipinski definition) is 1. The van der Waals surface area contributed by atoms with Crippen molar-refractivity contribution in [1.29, 1.82) is 0 Å². The molecule has 2 rings (SSSR count). The third kappa shape index (κ3) is 3.29. The first-order valence-corrected chi connectivity index (χ1v) is 4.37. The summed E-state index contributed by atoms with van der Waals surface area (Å²) in [5, 5.41) is 0. The number of benzene rings is 1. The summed E-state index contributed by atoms with van der Waals surface area (Å²) in [4.78, 5) is 7.73. The number of aromatic nitrogens is 2. The Morgan fingerprint density at radius 1 is 1.18 bits per heavy atom. The molecular weight excluding hydrogens is 306 g/mol. The van der Waals surface area contributed by atoms with Crippen LogP contribution in [0.4, 0.5) is 13.2 Å². The predicted octanol–water partition coefficient (Wildman–Crippen LogP) is 3.28. The molecule has 0 saturated heterocycles. The van der Waals surface area contributed by atoms with E-state index in [0.29, 0.717) is 16.9 Å². The van der Waals surface area contributed by atoms with Gasteiger partial charge in [-0.15, -0.1) is 0 Å². The standard InChI is InChI=1S/C10H8F3N2.CH3.Y/c1-5-3-7(10(11,12)13)9-8(4-5)14-6(2)15-9;;/h3-4H,1-2H3;1H3;/q2*-1;. The van der Waals surface area contributed by atoms with Crippen LogP contribution in [0.15, 0.2) is 12.1 Å². The van der Waals surface area contributed by atoms with E-state index in [1.54, 1.807) is 19.9 Å². The van der Waals surface area contributed by atoms with E-state index in [1.807, 2.05) is 0 Å². The number of imidazole rings is 1. The summed E-state index contributed by atoms with van der Waals surface area (Å²) in [7, 11) is 0. The number of hydrogen-bond donors (Lipinski definition) is 0. The molecule has 1 radical (unpaired) electrons. The van der Waals surface area contributed by atoms with Crippen LogP contribution >= 0.6 is 0 Å². The van der Waals surface area contributed by atoms with Crippen molar-refractivity contribution < 1.29 is 45.9 Å². The first-order chi connectivity index (χ1) is 6.88. The van der Waals surface area contributed by atoms with E-state index in [-0.39, 0.29) is 45.7 Å². The second-order valence-electron chi connectivity index (χ2n) is 3.45. The zero-order chi connectivity index (χ0) is 11.2. The van der Waals surface area contributed by atoms with Crippen molar-refractivity contribution in [3.63, 3.8) is 0 Å². The van der Waals surface area contributed by atoms with Crippen LogP contribution < -0.4 is 4.98 Å². The fourth-order valence-corrected chi connectivity index (χ4v) is 1.54. The van der Waals surface area contributed by atoms with E-state index >= 15 is 0 Å². The molecule has 0 N–H and O–H groups in total. The Morgan fingerprint density at radius 2 is 1.76 bits per heavy atom. The van der Waals surface area contributed by atoms with E-state index < -0.39 is 11.7 Å². The summed E-state index contributed by atoms with van der Waals surface area (Å²) in [5.74, 6) is 0.362. The summed E-state index contributed by atoms with van der Waals surface area (Å²) >= 11 is 0. The molecule has 0 spiro atoms. The zero-order valence-corrected chi connectivity index (χ0v) is 12.6. The Balaban J connectivity index is 0.00000128. The van der Waals surface area contributed by atoms with Gasteiger partial charge in [0.25, 0.3) is 0 Å². The van der Waals surface area contributed by atoms with E-state index in [9.17, 15) is 13.2 Å². The number of nitrogens with zero attached hydrogens (tertiary/aromatic N) is 2. The number of fused-ring (bicyclic) bond motifs is 1. The first-order valence-electron chi connectivity index (χ1n) is 4.37. The minimum Gasteiger partial charge on any atom is -0.440 e. The number of alkyl halides is 3. The maximum Gasteiger partial charge on any atom is 0.416 e. The SMILES string of the molecule is Cc1cc(C(F)(F)F)c2nc(C)[n-]c2c1.[CH3-].[Y]. The maximum atomic E-state index is 12.6. The molecular formula is C11H11F3N2Y-2. The Morgan fingerprint density at radius 3 is 2.29 bits per heavy atom. The Kier molecular flexibility index (Phi) is 5.35.